The molecule has 0 bridgehead atoms. The van der Waals surface area contributed by atoms with Crippen LogP contribution in [0.4, 0.5) is 0 Å². The summed E-state index contributed by atoms with van der Waals surface area (Å²) < 4.78 is 5.47. The van der Waals surface area contributed by atoms with Crippen LogP contribution in [-0.2, 0) is 4.74 Å². The van der Waals surface area contributed by atoms with Crippen LogP contribution in [0.2, 0.25) is 0 Å². The zero-order chi connectivity index (χ0) is 14.1. The van der Waals surface area contributed by atoms with E-state index < -0.39 is 0 Å². The van der Waals surface area contributed by atoms with Crippen LogP contribution in [-0.4, -0.2) is 62.6 Å². The van der Waals surface area contributed by atoms with Gasteiger partial charge in [0.15, 0.2) is 0 Å². The third-order valence-corrected chi connectivity index (χ3v) is 2.46. The summed E-state index contributed by atoms with van der Waals surface area (Å²) in [7, 11) is 0. The van der Waals surface area contributed by atoms with Crippen molar-refractivity contribution in [3.05, 3.63) is 0 Å². The Hall–Kier alpha value is -0.160. The molecule has 1 fully saturated rings. The summed E-state index contributed by atoms with van der Waals surface area (Å²) in [6.45, 7) is 15.4. The van der Waals surface area contributed by atoms with E-state index in [4.69, 9.17) is 9.84 Å². The van der Waals surface area contributed by atoms with Crippen molar-refractivity contribution in [3.8, 4) is 0 Å². The van der Waals surface area contributed by atoms with E-state index in [0.29, 0.717) is 0 Å². The molecule has 112 valence electrons. The van der Waals surface area contributed by atoms with E-state index in [1.165, 1.54) is 0 Å². The number of aliphatic hydroxyl groups is 1. The zero-order valence-electron chi connectivity index (χ0n) is 12.9. The van der Waals surface area contributed by atoms with Crippen LogP contribution in [0.25, 0.3) is 0 Å². The Kier molecular flexibility index (Phi) is 21.5. The van der Waals surface area contributed by atoms with Gasteiger partial charge in [0.05, 0.1) is 6.61 Å². The van der Waals surface area contributed by atoms with Gasteiger partial charge in [0.25, 0.3) is 0 Å². The molecule has 0 amide bonds. The Labute approximate surface area is 114 Å². The monoisotopic (exact) mass is 262 g/mol. The zero-order valence-corrected chi connectivity index (χ0v) is 12.9. The highest BCUT2D eigenvalue weighted by Crippen LogP contribution is 1.93. The fourth-order valence-electron chi connectivity index (χ4n) is 1.55. The van der Waals surface area contributed by atoms with Gasteiger partial charge in [-0.1, -0.05) is 27.7 Å². The Morgan fingerprint density at radius 1 is 1.00 bits per heavy atom. The lowest BCUT2D eigenvalue weighted by Crippen LogP contribution is -2.44. The normalized spacial score (nSPS) is 15.2. The number of piperazine rings is 1. The summed E-state index contributed by atoms with van der Waals surface area (Å²) in [5.41, 5.74) is 0. The molecule has 2 N–H and O–H groups in total. The van der Waals surface area contributed by atoms with Crippen LogP contribution >= 0.6 is 0 Å². The first kappa shape index (κ1) is 20.2. The molecule has 0 aliphatic carbocycles. The lowest BCUT2D eigenvalue weighted by molar-refractivity contribution is 0.0937. The second-order valence-corrected chi connectivity index (χ2v) is 3.63. The predicted molar refractivity (Wildman–Crippen MR) is 79.1 cm³/mol. The van der Waals surface area contributed by atoms with E-state index >= 15 is 0 Å². The van der Waals surface area contributed by atoms with Crippen LogP contribution in [0.5, 0.6) is 0 Å². The molecule has 4 heteroatoms. The Bertz CT molecular complexity index is 129. The number of rotatable bonds is 7. The average Bonchev–Trinajstić information content (AvgIpc) is 2.48. The lowest BCUT2D eigenvalue weighted by atomic mass is 10.3. The standard InChI is InChI=1S/C10H22N2O2.2C2H6/c13-8-1-2-9-14-10-7-12-5-3-11-4-6-12;2*1-2/h11,13H,1-10H2;2*1-2H3. The maximum absolute atomic E-state index is 8.56. The molecule has 0 aromatic heterocycles. The molecule has 0 atom stereocenters. The van der Waals surface area contributed by atoms with Crippen LogP contribution < -0.4 is 5.32 Å². The molecule has 0 saturated carbocycles. The first-order valence-electron chi connectivity index (χ1n) is 7.55. The molecule has 4 nitrogen and oxygen atoms in total. The number of aliphatic hydroxyl groups excluding tert-OH is 1. The van der Waals surface area contributed by atoms with Crippen molar-refractivity contribution in [1.82, 2.24) is 10.2 Å². The van der Waals surface area contributed by atoms with E-state index in [1.807, 2.05) is 27.7 Å². The summed E-state index contributed by atoms with van der Waals surface area (Å²) in [6.07, 6.45) is 1.83. The second kappa shape index (κ2) is 19.2. The van der Waals surface area contributed by atoms with Gasteiger partial charge in [0.1, 0.15) is 0 Å². The van der Waals surface area contributed by atoms with Gasteiger partial charge in [-0.25, -0.2) is 0 Å². The van der Waals surface area contributed by atoms with E-state index in [1.54, 1.807) is 0 Å². The topological polar surface area (TPSA) is 44.7 Å². The highest BCUT2D eigenvalue weighted by atomic mass is 16.5. The van der Waals surface area contributed by atoms with Gasteiger partial charge in [-0.05, 0) is 12.8 Å². The number of hydrogen-bond donors (Lipinski definition) is 2. The van der Waals surface area contributed by atoms with Crippen molar-refractivity contribution >= 4 is 0 Å². The summed E-state index contributed by atoms with van der Waals surface area (Å²) in [6, 6.07) is 0. The molecule has 1 aliphatic rings. The molecule has 0 spiro atoms. The molecule has 1 rings (SSSR count). The minimum absolute atomic E-state index is 0.279. The van der Waals surface area contributed by atoms with Crippen LogP contribution in [0.3, 0.4) is 0 Å². The quantitative estimate of drug-likeness (QED) is 0.686. The summed E-state index contributed by atoms with van der Waals surface area (Å²) in [5.74, 6) is 0. The van der Waals surface area contributed by atoms with Crippen molar-refractivity contribution in [2.75, 3.05) is 52.5 Å². The molecule has 1 heterocycles. The van der Waals surface area contributed by atoms with Crippen LogP contribution in [0.1, 0.15) is 40.5 Å². The fourth-order valence-corrected chi connectivity index (χ4v) is 1.55. The fraction of sp³-hybridized carbons (Fsp3) is 1.00. The SMILES string of the molecule is CC.CC.OCCCCOCCN1CCNCC1. The third-order valence-electron chi connectivity index (χ3n) is 2.46. The third kappa shape index (κ3) is 13.9. The molecule has 0 unspecified atom stereocenters. The van der Waals surface area contributed by atoms with Gasteiger partial charge >= 0.3 is 0 Å². The average molecular weight is 262 g/mol. The summed E-state index contributed by atoms with van der Waals surface area (Å²) in [5, 5.41) is 11.9. The minimum Gasteiger partial charge on any atom is -0.396 e. The van der Waals surface area contributed by atoms with E-state index in [-0.39, 0.29) is 6.61 Å². The van der Waals surface area contributed by atoms with E-state index in [0.717, 1.165) is 58.8 Å². The van der Waals surface area contributed by atoms with Crippen molar-refractivity contribution in [3.63, 3.8) is 0 Å². The Morgan fingerprint density at radius 2 is 1.61 bits per heavy atom. The van der Waals surface area contributed by atoms with E-state index in [9.17, 15) is 0 Å². The first-order chi connectivity index (χ1) is 8.93. The van der Waals surface area contributed by atoms with Gasteiger partial charge in [-0.2, -0.15) is 0 Å². The van der Waals surface area contributed by atoms with Gasteiger partial charge < -0.3 is 15.2 Å². The van der Waals surface area contributed by atoms with Gasteiger partial charge in [-0.15, -0.1) is 0 Å². The maximum Gasteiger partial charge on any atom is 0.0593 e. The Balaban J connectivity index is 0. The summed E-state index contributed by atoms with van der Waals surface area (Å²) >= 11 is 0. The molecule has 0 aromatic carbocycles. The number of nitrogens with one attached hydrogen (secondary N) is 1. The molecule has 1 saturated heterocycles. The van der Waals surface area contributed by atoms with Gasteiger partial charge in [-0.3, -0.25) is 4.90 Å². The van der Waals surface area contributed by atoms with Crippen molar-refractivity contribution in [2.24, 2.45) is 0 Å². The van der Waals surface area contributed by atoms with Gasteiger partial charge in [0, 0.05) is 45.9 Å². The maximum atomic E-state index is 8.56. The second-order valence-electron chi connectivity index (χ2n) is 3.63. The lowest BCUT2D eigenvalue weighted by Gasteiger charge is -2.26. The van der Waals surface area contributed by atoms with Crippen molar-refractivity contribution < 1.29 is 9.84 Å². The number of unbranched alkanes of at least 4 members (excludes halogenated alkanes) is 1. The first-order valence-corrected chi connectivity index (χ1v) is 7.55. The highest BCUT2D eigenvalue weighted by Gasteiger charge is 2.07. The van der Waals surface area contributed by atoms with E-state index in [2.05, 4.69) is 10.2 Å². The molecule has 1 aliphatic heterocycles. The molecular weight excluding hydrogens is 228 g/mol. The predicted octanol–water partition coefficient (Wildman–Crippen LogP) is 1.73. The minimum atomic E-state index is 0.279. The number of ether oxygens (including phenoxy) is 1. The van der Waals surface area contributed by atoms with Crippen LogP contribution in [0.15, 0.2) is 0 Å². The van der Waals surface area contributed by atoms with Crippen molar-refractivity contribution in [2.45, 2.75) is 40.5 Å². The molecule has 18 heavy (non-hydrogen) atoms. The smallest absolute Gasteiger partial charge is 0.0593 e. The summed E-state index contributed by atoms with van der Waals surface area (Å²) in [4.78, 5) is 2.42. The molecular formula is C14H34N2O2. The van der Waals surface area contributed by atoms with Gasteiger partial charge in [0.2, 0.25) is 0 Å². The van der Waals surface area contributed by atoms with Crippen molar-refractivity contribution in [1.29, 1.82) is 0 Å². The largest absolute Gasteiger partial charge is 0.396 e. The Morgan fingerprint density at radius 3 is 2.17 bits per heavy atom. The molecule has 0 aromatic rings. The highest BCUT2D eigenvalue weighted by molar-refractivity contribution is 4.66. The number of nitrogens with zero attached hydrogens (tertiary/aromatic N) is 1. The van der Waals surface area contributed by atoms with Crippen LogP contribution in [0, 0.1) is 0 Å². The molecule has 0 radical (unpaired) electrons. The number of hydrogen-bond acceptors (Lipinski definition) is 4.